The highest BCUT2D eigenvalue weighted by atomic mass is 127. The van der Waals surface area contributed by atoms with Crippen LogP contribution in [0.1, 0.15) is 10.4 Å². The Balaban J connectivity index is 2.82. The molecule has 0 bridgehead atoms. The third-order valence-electron chi connectivity index (χ3n) is 1.96. The number of aromatic nitrogens is 1. The fourth-order valence-electron chi connectivity index (χ4n) is 1.35. The molecule has 0 spiro atoms. The summed E-state index contributed by atoms with van der Waals surface area (Å²) in [5.41, 5.74) is 1.79. The lowest BCUT2D eigenvalue weighted by Gasteiger charge is -1.97. The molecule has 0 aliphatic heterocycles. The van der Waals surface area contributed by atoms with Crippen molar-refractivity contribution < 1.29 is 4.79 Å². The first-order valence-electron chi connectivity index (χ1n) is 3.81. The second-order valence-electron chi connectivity index (χ2n) is 2.76. The Morgan fingerprint density at radius 1 is 1.50 bits per heavy atom. The minimum atomic E-state index is 0.727. The van der Waals surface area contributed by atoms with Crippen LogP contribution in [0.3, 0.4) is 0 Å². The van der Waals surface area contributed by atoms with Gasteiger partial charge < -0.3 is 0 Å². The molecule has 2 aromatic rings. The molecule has 5 heteroatoms. The van der Waals surface area contributed by atoms with E-state index >= 15 is 0 Å². The maximum atomic E-state index is 10.8. The molecule has 0 aliphatic rings. The molecular weight excluding hydrogens is 377 g/mol. The average molecular weight is 382 g/mol. The summed E-state index contributed by atoms with van der Waals surface area (Å²) >= 11 is 5.58. The average Bonchev–Trinajstić information content (AvgIpc) is 2.55. The zero-order valence-corrected chi connectivity index (χ0v) is 11.5. The number of nitrogens with zero attached hydrogens (tertiary/aromatic N) is 1. The summed E-state index contributed by atoms with van der Waals surface area (Å²) in [5, 5.41) is 0.985. The van der Waals surface area contributed by atoms with Gasteiger partial charge >= 0.3 is 0 Å². The minimum absolute atomic E-state index is 0.727. The summed E-state index contributed by atoms with van der Waals surface area (Å²) in [7, 11) is 1.55. The number of hydrogen-bond donors (Lipinski definition) is 0. The van der Waals surface area contributed by atoms with E-state index < -0.39 is 0 Å². The van der Waals surface area contributed by atoms with Crippen LogP contribution in [-0.2, 0) is 0 Å². The van der Waals surface area contributed by atoms with Crippen molar-refractivity contribution >= 4 is 63.4 Å². The second kappa shape index (κ2) is 4.24. The monoisotopic (exact) mass is 381 g/mol. The molecule has 2 rings (SSSR count). The first kappa shape index (κ1) is 10.5. The molecule has 0 amide bonds. The van der Waals surface area contributed by atoms with Gasteiger partial charge in [0, 0.05) is 51.9 Å². The van der Waals surface area contributed by atoms with Gasteiger partial charge in [-0.1, -0.05) is 15.9 Å². The number of rotatable bonds is 2. The molecule has 0 atom stereocenters. The first-order chi connectivity index (χ1) is 6.76. The molecule has 0 aliphatic carbocycles. The van der Waals surface area contributed by atoms with Crippen molar-refractivity contribution in [2.45, 2.75) is 0 Å². The molecule has 0 saturated carbocycles. The van der Waals surface area contributed by atoms with Gasteiger partial charge in [-0.05, 0) is 18.2 Å². The Kier molecular flexibility index (Phi) is 3.18. The highest BCUT2D eigenvalue weighted by molar-refractivity contribution is 14.2. The van der Waals surface area contributed by atoms with E-state index in [0.29, 0.717) is 0 Å². The van der Waals surface area contributed by atoms with E-state index in [9.17, 15) is 4.79 Å². The lowest BCUT2D eigenvalue weighted by Crippen LogP contribution is -1.77. The highest BCUT2D eigenvalue weighted by Gasteiger charge is 2.07. The third kappa shape index (κ3) is 1.72. The number of carbonyl (C=O) groups excluding carboxylic acids is 1. The van der Waals surface area contributed by atoms with Gasteiger partial charge in [0.25, 0.3) is 0 Å². The smallest absolute Gasteiger partial charge is 0.152 e. The van der Waals surface area contributed by atoms with Crippen LogP contribution in [0.2, 0.25) is 0 Å². The molecule has 0 saturated heterocycles. The van der Waals surface area contributed by atoms with Crippen molar-refractivity contribution in [2.75, 3.05) is 0 Å². The van der Waals surface area contributed by atoms with Gasteiger partial charge in [-0.15, -0.1) is 0 Å². The summed E-state index contributed by atoms with van der Waals surface area (Å²) in [6, 6.07) is 5.93. The molecular formula is C9H5BrINOS. The third-order valence-corrected chi connectivity index (χ3v) is 4.18. The largest absolute Gasteiger partial charge is 0.298 e. The molecule has 0 radical (unpaired) electrons. The summed E-state index contributed by atoms with van der Waals surface area (Å²) in [5.74, 6) is 0. The minimum Gasteiger partial charge on any atom is -0.298 e. The van der Waals surface area contributed by atoms with E-state index in [2.05, 4.69) is 37.1 Å². The number of benzene rings is 1. The maximum Gasteiger partial charge on any atom is 0.152 e. The summed E-state index contributed by atoms with van der Waals surface area (Å²) in [6.45, 7) is 0. The lowest BCUT2D eigenvalue weighted by molar-refractivity contribution is 0.112. The molecule has 0 unspecified atom stereocenters. The zero-order valence-electron chi connectivity index (χ0n) is 6.91. The van der Waals surface area contributed by atoms with Crippen molar-refractivity contribution in [2.24, 2.45) is 0 Å². The standard InChI is InChI=1S/C9H5BrINOS/c10-7-1-2-9-8(3-7)6(5-13)4-12(9)14-11/h1-5H. The van der Waals surface area contributed by atoms with Gasteiger partial charge in [0.05, 0.1) is 5.52 Å². The van der Waals surface area contributed by atoms with E-state index in [1.165, 1.54) is 0 Å². The van der Waals surface area contributed by atoms with Gasteiger partial charge in [0.15, 0.2) is 6.29 Å². The van der Waals surface area contributed by atoms with Crippen LogP contribution in [-0.4, -0.2) is 10.3 Å². The van der Waals surface area contributed by atoms with Crippen LogP contribution in [0.15, 0.2) is 28.9 Å². The van der Waals surface area contributed by atoms with E-state index in [1.807, 2.05) is 28.4 Å². The zero-order chi connectivity index (χ0) is 10.1. The van der Waals surface area contributed by atoms with Gasteiger partial charge in [-0.2, -0.15) is 0 Å². The fraction of sp³-hybridized carbons (Fsp3) is 0. The number of hydrogen-bond acceptors (Lipinski definition) is 2. The molecule has 0 fully saturated rings. The van der Waals surface area contributed by atoms with E-state index in [0.717, 1.165) is 27.2 Å². The van der Waals surface area contributed by atoms with Gasteiger partial charge in [0.1, 0.15) is 0 Å². The van der Waals surface area contributed by atoms with Crippen molar-refractivity contribution in [1.29, 1.82) is 0 Å². The van der Waals surface area contributed by atoms with Gasteiger partial charge in [-0.25, -0.2) is 0 Å². The molecule has 1 aromatic carbocycles. The molecule has 0 N–H and O–H groups in total. The number of aldehydes is 1. The fourth-order valence-corrected chi connectivity index (χ4v) is 3.07. The summed E-state index contributed by atoms with van der Waals surface area (Å²) < 4.78 is 2.97. The maximum absolute atomic E-state index is 10.8. The Hall–Kier alpha value is -0.0100. The van der Waals surface area contributed by atoms with Crippen LogP contribution >= 0.6 is 46.3 Å². The molecule has 2 nitrogen and oxygen atoms in total. The molecule has 1 aromatic heterocycles. The Morgan fingerprint density at radius 2 is 2.29 bits per heavy atom. The lowest BCUT2D eigenvalue weighted by atomic mass is 10.2. The Labute approximate surface area is 106 Å². The summed E-state index contributed by atoms with van der Waals surface area (Å²) in [4.78, 5) is 10.8. The quantitative estimate of drug-likeness (QED) is 0.578. The highest BCUT2D eigenvalue weighted by Crippen LogP contribution is 2.29. The SMILES string of the molecule is O=Cc1cn(SI)c2ccc(Br)cc12. The Bertz CT molecular complexity index is 497. The van der Waals surface area contributed by atoms with Crippen LogP contribution in [0.5, 0.6) is 0 Å². The van der Waals surface area contributed by atoms with Crippen LogP contribution < -0.4 is 0 Å². The van der Waals surface area contributed by atoms with Gasteiger partial charge in [-0.3, -0.25) is 8.77 Å². The van der Waals surface area contributed by atoms with E-state index in [1.54, 1.807) is 9.12 Å². The Morgan fingerprint density at radius 3 is 2.93 bits per heavy atom. The molecule has 14 heavy (non-hydrogen) atoms. The number of carbonyl (C=O) groups is 1. The van der Waals surface area contributed by atoms with Crippen LogP contribution in [0.25, 0.3) is 10.9 Å². The van der Waals surface area contributed by atoms with E-state index in [-0.39, 0.29) is 0 Å². The summed E-state index contributed by atoms with van der Waals surface area (Å²) in [6.07, 6.45) is 2.74. The second-order valence-corrected chi connectivity index (χ2v) is 5.39. The normalized spacial score (nSPS) is 10.7. The van der Waals surface area contributed by atoms with Crippen molar-refractivity contribution in [3.8, 4) is 0 Å². The number of halogens is 2. The van der Waals surface area contributed by atoms with Crippen LogP contribution in [0, 0.1) is 0 Å². The van der Waals surface area contributed by atoms with Crippen molar-refractivity contribution in [3.05, 3.63) is 34.4 Å². The molecule has 72 valence electrons. The topological polar surface area (TPSA) is 22.0 Å². The van der Waals surface area contributed by atoms with Gasteiger partial charge in [0.2, 0.25) is 0 Å². The first-order valence-corrected chi connectivity index (χ1v) is 7.92. The van der Waals surface area contributed by atoms with Crippen molar-refractivity contribution in [3.63, 3.8) is 0 Å². The van der Waals surface area contributed by atoms with Crippen LogP contribution in [0.4, 0.5) is 0 Å². The predicted molar refractivity (Wildman–Crippen MR) is 72.0 cm³/mol. The number of fused-ring (bicyclic) bond motifs is 1. The predicted octanol–water partition coefficient (Wildman–Crippen LogP) is 4.06. The molecule has 1 heterocycles. The van der Waals surface area contributed by atoms with E-state index in [4.69, 9.17) is 0 Å². The van der Waals surface area contributed by atoms with Crippen molar-refractivity contribution in [1.82, 2.24) is 3.97 Å².